The summed E-state index contributed by atoms with van der Waals surface area (Å²) in [7, 11) is -3.27. The van der Waals surface area contributed by atoms with E-state index in [4.69, 9.17) is 14.0 Å². The maximum atomic E-state index is 11.3. The number of rotatable bonds is 10. The van der Waals surface area contributed by atoms with Crippen LogP contribution in [-0.2, 0) is 19.7 Å². The lowest BCUT2D eigenvalue weighted by Gasteiger charge is -2.26. The van der Waals surface area contributed by atoms with Crippen LogP contribution >= 0.6 is 0 Å². The molecule has 0 saturated heterocycles. The van der Waals surface area contributed by atoms with Gasteiger partial charge in [-0.15, -0.1) is 10.1 Å². The summed E-state index contributed by atoms with van der Waals surface area (Å²) in [4.78, 5) is 14.2. The van der Waals surface area contributed by atoms with Gasteiger partial charge in [-0.2, -0.15) is 8.42 Å². The summed E-state index contributed by atoms with van der Waals surface area (Å²) >= 11 is 0. The van der Waals surface area contributed by atoms with Gasteiger partial charge in [0.15, 0.2) is 0 Å². The molecule has 11 heteroatoms. The molecular formula is C16H21NO9S. The van der Waals surface area contributed by atoms with Crippen LogP contribution in [0.4, 0.5) is 0 Å². The first-order chi connectivity index (χ1) is 12.6. The van der Waals surface area contributed by atoms with E-state index < -0.39 is 38.1 Å². The minimum Gasteiger partial charge on any atom is -0.506 e. The van der Waals surface area contributed by atoms with Crippen molar-refractivity contribution in [2.24, 2.45) is 0 Å². The second-order valence-corrected chi connectivity index (χ2v) is 6.74. The van der Waals surface area contributed by atoms with Crippen molar-refractivity contribution < 1.29 is 37.5 Å². The molecule has 0 aliphatic heterocycles. The van der Waals surface area contributed by atoms with E-state index in [-0.39, 0.29) is 12.4 Å². The fourth-order valence-electron chi connectivity index (χ4n) is 2.27. The monoisotopic (exact) mass is 403 g/mol. The first-order valence-electron chi connectivity index (χ1n) is 7.69. The lowest BCUT2D eigenvalue weighted by atomic mass is 10.1. The molecule has 0 saturated carbocycles. The van der Waals surface area contributed by atoms with E-state index in [0.29, 0.717) is 5.57 Å². The molecule has 2 atom stereocenters. The Morgan fingerprint density at radius 2 is 2.07 bits per heavy atom. The molecule has 0 aliphatic carbocycles. The van der Waals surface area contributed by atoms with Crippen molar-refractivity contribution in [2.75, 3.05) is 13.7 Å². The van der Waals surface area contributed by atoms with Gasteiger partial charge in [-0.05, 0) is 31.6 Å². The Labute approximate surface area is 156 Å². The molecule has 1 aromatic carbocycles. The summed E-state index contributed by atoms with van der Waals surface area (Å²) in [6.45, 7) is 3.01. The number of phenolic OH excluding ortho intramolecular Hbond substituents is 1. The van der Waals surface area contributed by atoms with Crippen molar-refractivity contribution in [1.29, 1.82) is 0 Å². The van der Waals surface area contributed by atoms with E-state index in [0.717, 1.165) is 12.1 Å². The normalized spacial score (nSPS) is 14.7. The lowest BCUT2D eigenvalue weighted by Crippen LogP contribution is -2.34. The highest BCUT2D eigenvalue weighted by molar-refractivity contribution is 7.86. The fraction of sp³-hybridized carbons (Fsp3) is 0.375. The highest BCUT2D eigenvalue weighted by atomic mass is 32.2. The Balaban J connectivity index is 3.09. The van der Waals surface area contributed by atoms with E-state index in [9.17, 15) is 23.6 Å². The second kappa shape index (κ2) is 9.90. The Bertz CT molecular complexity index is 817. The van der Waals surface area contributed by atoms with Crippen LogP contribution in [0.15, 0.2) is 46.9 Å². The number of hydrogen-bond acceptors (Lipinski definition) is 8. The number of benzene rings is 1. The van der Waals surface area contributed by atoms with Crippen LogP contribution in [0.2, 0.25) is 0 Å². The van der Waals surface area contributed by atoms with Crippen molar-refractivity contribution in [1.82, 2.24) is 0 Å². The first kappa shape index (κ1) is 22.4. The number of nitrogens with zero attached hydrogens (tertiary/aromatic N) is 1. The van der Waals surface area contributed by atoms with Crippen molar-refractivity contribution in [3.63, 3.8) is 0 Å². The van der Waals surface area contributed by atoms with Gasteiger partial charge in [0, 0.05) is 13.2 Å². The number of ether oxygens (including phenoxy) is 2. The highest BCUT2D eigenvalue weighted by Gasteiger charge is 2.25. The van der Waals surface area contributed by atoms with Crippen LogP contribution in [0, 0.1) is 10.1 Å². The molecule has 0 radical (unpaired) electrons. The summed E-state index contributed by atoms with van der Waals surface area (Å²) in [5.74, 6) is -0.593. The zero-order chi connectivity index (χ0) is 20.6. The summed E-state index contributed by atoms with van der Waals surface area (Å²) in [5.41, 5.74) is 0.411. The minimum absolute atomic E-state index is 0.0375. The second-order valence-electron chi connectivity index (χ2n) is 5.35. The Kier molecular flexibility index (Phi) is 8.22. The van der Waals surface area contributed by atoms with Gasteiger partial charge in [0.2, 0.25) is 0 Å². The van der Waals surface area contributed by atoms with Crippen LogP contribution in [0.5, 0.6) is 11.5 Å². The van der Waals surface area contributed by atoms with Crippen molar-refractivity contribution in [3.8, 4) is 11.5 Å². The number of phenols is 1. The van der Waals surface area contributed by atoms with E-state index in [1.54, 1.807) is 32.1 Å². The molecule has 0 aliphatic rings. The molecule has 1 aromatic rings. The van der Waals surface area contributed by atoms with Gasteiger partial charge >= 0.3 is 0 Å². The summed E-state index contributed by atoms with van der Waals surface area (Å²) in [6.07, 6.45) is 3.46. The van der Waals surface area contributed by atoms with Gasteiger partial charge in [-0.1, -0.05) is 18.2 Å². The predicted molar refractivity (Wildman–Crippen MR) is 94.7 cm³/mol. The number of methoxy groups -OCH3 is 1. The van der Waals surface area contributed by atoms with E-state index in [2.05, 4.69) is 4.84 Å². The van der Waals surface area contributed by atoms with Gasteiger partial charge in [0.25, 0.3) is 15.2 Å². The number of hydrogen-bond donors (Lipinski definition) is 2. The molecular weight excluding hydrogens is 382 g/mol. The molecule has 1 unspecified atom stereocenters. The third-order valence-electron chi connectivity index (χ3n) is 3.42. The standard InChI is InChI=1S/C16H21NO9S/c1-4-5-6-12(10-25-17(19)20)16(24-3)11(2)26-13-7-8-14(18)15(9-13)27(21,22)23/h4-9,11,16,18H,10H2,1-3H3,(H,21,22,23)/b5-4-,12-6-/t11-,16?/m1/s1. The van der Waals surface area contributed by atoms with Crippen molar-refractivity contribution >= 4 is 10.1 Å². The van der Waals surface area contributed by atoms with Crippen LogP contribution in [0.3, 0.4) is 0 Å². The zero-order valence-corrected chi connectivity index (χ0v) is 15.8. The Hall–Kier alpha value is -2.63. The molecule has 1 rings (SSSR count). The third kappa shape index (κ3) is 6.89. The SMILES string of the molecule is C/C=C\C=C(\CO[N+](=O)[O-])C(OC)[C@@H](C)Oc1ccc(O)c(S(=O)(=O)O)c1. The van der Waals surface area contributed by atoms with Crippen molar-refractivity contribution in [3.05, 3.63) is 52.1 Å². The fourth-order valence-corrected chi connectivity index (χ4v) is 2.86. The molecule has 0 heterocycles. The quantitative estimate of drug-likeness (QED) is 0.259. The van der Waals surface area contributed by atoms with Crippen LogP contribution in [0.25, 0.3) is 0 Å². The van der Waals surface area contributed by atoms with Crippen molar-refractivity contribution in [2.45, 2.75) is 31.0 Å². The van der Waals surface area contributed by atoms with E-state index in [1.807, 2.05) is 0 Å². The smallest absolute Gasteiger partial charge is 0.298 e. The largest absolute Gasteiger partial charge is 0.506 e. The molecule has 27 heavy (non-hydrogen) atoms. The topological polar surface area (TPSA) is 145 Å². The maximum Gasteiger partial charge on any atom is 0.298 e. The molecule has 0 bridgehead atoms. The molecule has 0 amide bonds. The maximum absolute atomic E-state index is 11.3. The zero-order valence-electron chi connectivity index (χ0n) is 14.9. The van der Waals surface area contributed by atoms with Crippen LogP contribution in [-0.4, -0.2) is 49.1 Å². The number of aromatic hydroxyl groups is 1. The van der Waals surface area contributed by atoms with E-state index in [1.165, 1.54) is 13.2 Å². The molecule has 0 aromatic heterocycles. The Morgan fingerprint density at radius 3 is 2.59 bits per heavy atom. The summed E-state index contributed by atoms with van der Waals surface area (Å²) in [6, 6.07) is 3.31. The molecule has 10 nitrogen and oxygen atoms in total. The molecule has 0 fully saturated rings. The molecule has 0 spiro atoms. The average Bonchev–Trinajstić information content (AvgIpc) is 2.57. The summed E-state index contributed by atoms with van der Waals surface area (Å²) in [5, 5.41) is 19.1. The average molecular weight is 403 g/mol. The molecule has 150 valence electrons. The van der Waals surface area contributed by atoms with Gasteiger partial charge in [-0.3, -0.25) is 4.55 Å². The van der Waals surface area contributed by atoms with Gasteiger partial charge < -0.3 is 19.4 Å². The Morgan fingerprint density at radius 1 is 1.41 bits per heavy atom. The van der Waals surface area contributed by atoms with Gasteiger partial charge in [-0.25, -0.2) is 0 Å². The minimum atomic E-state index is -4.64. The summed E-state index contributed by atoms with van der Waals surface area (Å²) < 4.78 is 42.7. The first-order valence-corrected chi connectivity index (χ1v) is 9.13. The van der Waals surface area contributed by atoms with Crippen LogP contribution < -0.4 is 4.74 Å². The van der Waals surface area contributed by atoms with Gasteiger partial charge in [0.05, 0.1) is 0 Å². The van der Waals surface area contributed by atoms with E-state index >= 15 is 0 Å². The third-order valence-corrected chi connectivity index (χ3v) is 4.30. The van der Waals surface area contributed by atoms with Gasteiger partial charge in [0.1, 0.15) is 35.2 Å². The lowest BCUT2D eigenvalue weighted by molar-refractivity contribution is -0.755. The van der Waals surface area contributed by atoms with Crippen LogP contribution in [0.1, 0.15) is 13.8 Å². The predicted octanol–water partition coefficient (Wildman–Crippen LogP) is 2.13. The number of allylic oxidation sites excluding steroid dienone is 3. The highest BCUT2D eigenvalue weighted by Crippen LogP contribution is 2.28. The molecule has 2 N–H and O–H groups in total.